The average molecular weight is 419 g/mol. The van der Waals surface area contributed by atoms with E-state index in [2.05, 4.69) is 34.6 Å². The maximum Gasteiger partial charge on any atom is 0.135 e. The highest BCUT2D eigenvalue weighted by Gasteiger charge is 2.67. The van der Waals surface area contributed by atoms with Crippen LogP contribution in [0.2, 0.25) is 0 Å². The van der Waals surface area contributed by atoms with Gasteiger partial charge in [0.1, 0.15) is 11.4 Å². The summed E-state index contributed by atoms with van der Waals surface area (Å²) in [5.41, 5.74) is -1.14. The van der Waals surface area contributed by atoms with Gasteiger partial charge in [-0.2, -0.15) is 0 Å². The molecule has 0 amide bonds. The Kier molecular flexibility index (Phi) is 5.97. The van der Waals surface area contributed by atoms with Crippen LogP contribution < -0.4 is 0 Å². The summed E-state index contributed by atoms with van der Waals surface area (Å²) in [6.45, 7) is 11.9. The van der Waals surface area contributed by atoms with E-state index in [1.54, 1.807) is 0 Å². The van der Waals surface area contributed by atoms with Crippen LogP contribution in [0.15, 0.2) is 0 Å². The number of Topliss-reactive ketones (excluding diaryl/α,β-unsaturated/α-hetero) is 1. The van der Waals surface area contributed by atoms with E-state index in [0.717, 1.165) is 30.6 Å². The van der Waals surface area contributed by atoms with Crippen LogP contribution in [0, 0.1) is 46.3 Å². The summed E-state index contributed by atoms with van der Waals surface area (Å²) in [5, 5.41) is 22.7. The predicted octanol–water partition coefficient (Wildman–Crippen LogP) is 5.76. The van der Waals surface area contributed by atoms with Gasteiger partial charge in [-0.25, -0.2) is 0 Å². The monoisotopic (exact) mass is 418 g/mol. The maximum atomic E-state index is 12.2. The lowest BCUT2D eigenvalue weighted by Crippen LogP contribution is -2.68. The SMILES string of the molecule is CC(C)CCC[C@@H](C)[C@H]1CC[C@H]2[C@@H]3C[C@@H](O)[C@]4(O)CC(=O)CC[C@]4(C)[C@H]3CC[C@]12C. The van der Waals surface area contributed by atoms with Gasteiger partial charge in [0.05, 0.1) is 6.10 Å². The van der Waals surface area contributed by atoms with E-state index in [9.17, 15) is 15.0 Å². The van der Waals surface area contributed by atoms with E-state index in [1.165, 1.54) is 38.5 Å². The number of hydrogen-bond donors (Lipinski definition) is 2. The molecule has 0 saturated heterocycles. The first kappa shape index (κ1) is 22.8. The first-order valence-electron chi connectivity index (χ1n) is 12.9. The molecule has 3 nitrogen and oxygen atoms in total. The van der Waals surface area contributed by atoms with Gasteiger partial charge in [-0.1, -0.05) is 53.9 Å². The lowest BCUT2D eigenvalue weighted by atomic mass is 9.42. The van der Waals surface area contributed by atoms with Gasteiger partial charge >= 0.3 is 0 Å². The van der Waals surface area contributed by atoms with Crippen LogP contribution in [-0.4, -0.2) is 27.7 Å². The summed E-state index contributed by atoms with van der Waals surface area (Å²) >= 11 is 0. The number of carbonyl (C=O) groups excluding carboxylic acids is 1. The molecule has 4 aliphatic carbocycles. The largest absolute Gasteiger partial charge is 0.390 e. The number of hydrogen-bond acceptors (Lipinski definition) is 3. The van der Waals surface area contributed by atoms with Crippen molar-refractivity contribution in [1.29, 1.82) is 0 Å². The van der Waals surface area contributed by atoms with Gasteiger partial charge in [-0.3, -0.25) is 4.79 Å². The lowest BCUT2D eigenvalue weighted by Gasteiger charge is -2.64. The normalized spacial score (nSPS) is 49.5. The molecule has 0 bridgehead atoms. The molecule has 2 N–H and O–H groups in total. The Hall–Kier alpha value is -0.410. The number of fused-ring (bicyclic) bond motifs is 5. The molecular weight excluding hydrogens is 372 g/mol. The zero-order chi connectivity index (χ0) is 21.9. The van der Waals surface area contributed by atoms with Crippen LogP contribution in [0.25, 0.3) is 0 Å². The van der Waals surface area contributed by atoms with Crippen LogP contribution in [0.3, 0.4) is 0 Å². The molecule has 172 valence electrons. The van der Waals surface area contributed by atoms with Gasteiger partial charge in [-0.05, 0) is 79.4 Å². The molecule has 0 aromatic heterocycles. The molecular formula is C27H46O3. The van der Waals surface area contributed by atoms with Gasteiger partial charge in [0.15, 0.2) is 0 Å². The van der Waals surface area contributed by atoms with Crippen LogP contribution in [-0.2, 0) is 4.79 Å². The van der Waals surface area contributed by atoms with Gasteiger partial charge in [0.25, 0.3) is 0 Å². The van der Waals surface area contributed by atoms with E-state index in [1.807, 2.05) is 0 Å². The van der Waals surface area contributed by atoms with E-state index < -0.39 is 11.7 Å². The molecule has 4 rings (SSSR count). The second kappa shape index (κ2) is 7.87. The van der Waals surface area contributed by atoms with Crippen LogP contribution in [0.1, 0.15) is 105 Å². The third-order valence-electron chi connectivity index (χ3n) is 10.9. The van der Waals surface area contributed by atoms with Crippen LogP contribution >= 0.6 is 0 Å². The summed E-state index contributed by atoms with van der Waals surface area (Å²) < 4.78 is 0. The van der Waals surface area contributed by atoms with Crippen molar-refractivity contribution in [1.82, 2.24) is 0 Å². The first-order chi connectivity index (χ1) is 14.0. The van der Waals surface area contributed by atoms with Gasteiger partial charge in [0, 0.05) is 18.3 Å². The zero-order valence-electron chi connectivity index (χ0n) is 20.1. The summed E-state index contributed by atoms with van der Waals surface area (Å²) in [5.74, 6) is 4.13. The van der Waals surface area contributed by atoms with Crippen molar-refractivity contribution >= 4 is 5.78 Å². The third kappa shape index (κ3) is 3.33. The van der Waals surface area contributed by atoms with Crippen molar-refractivity contribution in [2.45, 2.75) is 117 Å². The molecule has 0 heterocycles. The molecule has 0 unspecified atom stereocenters. The summed E-state index contributed by atoms with van der Waals surface area (Å²) in [4.78, 5) is 12.2. The van der Waals surface area contributed by atoms with Crippen molar-refractivity contribution < 1.29 is 15.0 Å². The Morgan fingerprint density at radius 1 is 1.03 bits per heavy atom. The molecule has 0 radical (unpaired) electrons. The van der Waals surface area contributed by atoms with Crippen molar-refractivity contribution in [3.8, 4) is 0 Å². The molecule has 0 aliphatic heterocycles. The van der Waals surface area contributed by atoms with E-state index in [0.29, 0.717) is 36.0 Å². The number of aliphatic hydroxyl groups excluding tert-OH is 1. The zero-order valence-corrected chi connectivity index (χ0v) is 20.1. The number of rotatable bonds is 5. The fourth-order valence-corrected chi connectivity index (χ4v) is 9.10. The van der Waals surface area contributed by atoms with Gasteiger partial charge < -0.3 is 10.2 Å². The minimum atomic E-state index is -1.21. The molecule has 4 fully saturated rings. The fraction of sp³-hybridized carbons (Fsp3) is 0.963. The molecule has 0 aromatic rings. The lowest BCUT2D eigenvalue weighted by molar-refractivity contribution is -0.248. The Bertz CT molecular complexity index is 658. The molecule has 9 atom stereocenters. The van der Waals surface area contributed by atoms with E-state index in [4.69, 9.17) is 0 Å². The minimum Gasteiger partial charge on any atom is -0.390 e. The average Bonchev–Trinajstić information content (AvgIpc) is 3.01. The molecule has 4 saturated carbocycles. The number of ketones is 1. The van der Waals surface area contributed by atoms with Crippen molar-refractivity contribution in [2.24, 2.45) is 46.3 Å². The van der Waals surface area contributed by atoms with Crippen molar-refractivity contribution in [3.05, 3.63) is 0 Å². The highest BCUT2D eigenvalue weighted by molar-refractivity contribution is 5.81. The quantitative estimate of drug-likeness (QED) is 0.596. The fourth-order valence-electron chi connectivity index (χ4n) is 9.10. The van der Waals surface area contributed by atoms with Crippen molar-refractivity contribution in [3.63, 3.8) is 0 Å². The summed E-state index contributed by atoms with van der Waals surface area (Å²) in [7, 11) is 0. The molecule has 0 spiro atoms. The first-order valence-corrected chi connectivity index (χ1v) is 12.9. The number of aliphatic hydroxyl groups is 2. The Labute approximate surface area is 184 Å². The van der Waals surface area contributed by atoms with Crippen LogP contribution in [0.5, 0.6) is 0 Å². The standard InChI is InChI=1S/C27H46O3/c1-17(2)7-6-8-18(3)21-9-10-22-20-15-24(29)27(30)16-19(28)11-14-26(27,5)23(20)12-13-25(21,22)4/h17-18,20-24,29-30H,6-16H2,1-5H3/t18-,20+,21-,22+,23+,24-,25-,26-,27-/m1/s1. The van der Waals surface area contributed by atoms with Crippen molar-refractivity contribution in [2.75, 3.05) is 0 Å². The van der Waals surface area contributed by atoms with Gasteiger partial charge in [0.2, 0.25) is 0 Å². The highest BCUT2D eigenvalue weighted by atomic mass is 16.3. The Balaban J connectivity index is 1.54. The van der Waals surface area contributed by atoms with E-state index in [-0.39, 0.29) is 17.6 Å². The smallest absolute Gasteiger partial charge is 0.135 e. The molecule has 3 heteroatoms. The number of carbonyl (C=O) groups is 1. The summed E-state index contributed by atoms with van der Waals surface area (Å²) in [6, 6.07) is 0. The van der Waals surface area contributed by atoms with E-state index >= 15 is 0 Å². The Morgan fingerprint density at radius 3 is 2.47 bits per heavy atom. The molecule has 4 aliphatic rings. The second-order valence-corrected chi connectivity index (χ2v) is 12.7. The predicted molar refractivity (Wildman–Crippen MR) is 121 cm³/mol. The molecule has 30 heavy (non-hydrogen) atoms. The second-order valence-electron chi connectivity index (χ2n) is 12.7. The minimum absolute atomic E-state index is 0.129. The highest BCUT2D eigenvalue weighted by Crippen LogP contribution is 2.69. The molecule has 0 aromatic carbocycles. The summed E-state index contributed by atoms with van der Waals surface area (Å²) in [6.07, 6.45) is 10.5. The topological polar surface area (TPSA) is 57.5 Å². The van der Waals surface area contributed by atoms with Crippen LogP contribution in [0.4, 0.5) is 0 Å². The Morgan fingerprint density at radius 2 is 1.77 bits per heavy atom. The maximum absolute atomic E-state index is 12.2. The third-order valence-corrected chi connectivity index (χ3v) is 10.9. The van der Waals surface area contributed by atoms with Gasteiger partial charge in [-0.15, -0.1) is 0 Å².